The number of benzene rings is 1. The van der Waals surface area contributed by atoms with Crippen LogP contribution in [0.2, 0.25) is 0 Å². The van der Waals surface area contributed by atoms with Gasteiger partial charge >= 0.3 is 0 Å². The largest absolute Gasteiger partial charge is 0.370 e. The van der Waals surface area contributed by atoms with E-state index in [0.717, 1.165) is 23.3 Å². The lowest BCUT2D eigenvalue weighted by Gasteiger charge is -2.11. The molecule has 0 aliphatic rings. The molecule has 0 aliphatic heterocycles. The summed E-state index contributed by atoms with van der Waals surface area (Å²) in [5.74, 6) is 0.399. The van der Waals surface area contributed by atoms with Gasteiger partial charge in [-0.15, -0.1) is 0 Å². The molecule has 0 spiro atoms. The molecule has 4 rings (SSSR count). The molecule has 0 unspecified atom stereocenters. The maximum Gasteiger partial charge on any atom is 0.165 e. The van der Waals surface area contributed by atoms with Crippen LogP contribution in [0.25, 0.3) is 28.2 Å². The van der Waals surface area contributed by atoms with Crippen molar-refractivity contribution < 1.29 is 4.39 Å². The minimum atomic E-state index is -0.345. The number of aliphatic imine (C=N–C) groups is 1. The molecule has 3 heterocycles. The topological polar surface area (TPSA) is 70.4 Å². The number of aromatic nitrogens is 4. The zero-order valence-electron chi connectivity index (χ0n) is 17.3. The summed E-state index contributed by atoms with van der Waals surface area (Å²) in [4.78, 5) is 11.8. The summed E-state index contributed by atoms with van der Waals surface area (Å²) in [6.07, 6.45) is 9.12. The molecular weight excluding hydrogens is 391 g/mol. The highest BCUT2D eigenvalue weighted by molar-refractivity contribution is 5.83. The Morgan fingerprint density at radius 2 is 2.19 bits per heavy atom. The molecule has 7 heteroatoms. The number of rotatable bonds is 8. The second-order valence-electron chi connectivity index (χ2n) is 7.10. The number of nitrogens with one attached hydrogen (secondary N) is 2. The minimum Gasteiger partial charge on any atom is -0.370 e. The van der Waals surface area contributed by atoms with Gasteiger partial charge in [0.2, 0.25) is 0 Å². The molecule has 6 nitrogen and oxygen atoms in total. The Bertz CT molecular complexity index is 1320. The number of H-pyrrole nitrogens is 1. The van der Waals surface area contributed by atoms with E-state index in [1.807, 2.05) is 24.4 Å². The quantitative estimate of drug-likeness (QED) is 0.299. The maximum atomic E-state index is 13.6. The monoisotopic (exact) mass is 414 g/mol. The molecule has 0 amide bonds. The SMILES string of the molecule is C=Cc1cnn2c(NCCc3c[nH]c4ccccc34)cc(C(/C=C(\C)F)=C/N=C)nc12. The van der Waals surface area contributed by atoms with Gasteiger partial charge in [-0.05, 0) is 37.8 Å². The zero-order valence-corrected chi connectivity index (χ0v) is 17.3. The summed E-state index contributed by atoms with van der Waals surface area (Å²) < 4.78 is 15.3. The third kappa shape index (κ3) is 4.16. The lowest BCUT2D eigenvalue weighted by Crippen LogP contribution is -2.10. The number of nitrogens with zero attached hydrogens (tertiary/aromatic N) is 4. The molecule has 0 saturated carbocycles. The predicted molar refractivity (Wildman–Crippen MR) is 126 cm³/mol. The minimum absolute atomic E-state index is 0.345. The van der Waals surface area contributed by atoms with Crippen LogP contribution in [0.4, 0.5) is 10.2 Å². The summed E-state index contributed by atoms with van der Waals surface area (Å²) in [6.45, 7) is 9.38. The predicted octanol–water partition coefficient (Wildman–Crippen LogP) is 5.42. The number of aromatic amines is 1. The number of hydrogen-bond donors (Lipinski definition) is 2. The van der Waals surface area contributed by atoms with Gasteiger partial charge in [-0.2, -0.15) is 9.61 Å². The smallest absolute Gasteiger partial charge is 0.165 e. The number of allylic oxidation sites excluding steroid dienone is 3. The summed E-state index contributed by atoms with van der Waals surface area (Å²) in [6, 6.07) is 10.1. The van der Waals surface area contributed by atoms with Gasteiger partial charge in [-0.3, -0.25) is 4.99 Å². The average Bonchev–Trinajstić information content (AvgIpc) is 3.37. The van der Waals surface area contributed by atoms with Crippen molar-refractivity contribution >= 4 is 40.7 Å². The molecular formula is C24H23FN6. The van der Waals surface area contributed by atoms with E-state index in [2.05, 4.69) is 50.8 Å². The van der Waals surface area contributed by atoms with E-state index in [1.165, 1.54) is 30.1 Å². The van der Waals surface area contributed by atoms with Gasteiger partial charge in [0.1, 0.15) is 5.82 Å². The maximum absolute atomic E-state index is 13.6. The average molecular weight is 414 g/mol. The van der Waals surface area contributed by atoms with Gasteiger partial charge in [-0.1, -0.05) is 30.9 Å². The Hall–Kier alpha value is -4.00. The van der Waals surface area contributed by atoms with Crippen LogP contribution in [0, 0.1) is 0 Å². The highest BCUT2D eigenvalue weighted by Gasteiger charge is 2.13. The molecule has 31 heavy (non-hydrogen) atoms. The second kappa shape index (κ2) is 8.79. The first-order valence-electron chi connectivity index (χ1n) is 9.91. The summed E-state index contributed by atoms with van der Waals surface area (Å²) in [5.41, 5.74) is 4.85. The van der Waals surface area contributed by atoms with Crippen molar-refractivity contribution in [2.75, 3.05) is 11.9 Å². The fourth-order valence-corrected chi connectivity index (χ4v) is 3.55. The van der Waals surface area contributed by atoms with Crippen molar-refractivity contribution in [1.29, 1.82) is 0 Å². The fourth-order valence-electron chi connectivity index (χ4n) is 3.55. The third-order valence-corrected chi connectivity index (χ3v) is 4.97. The van der Waals surface area contributed by atoms with Crippen LogP contribution < -0.4 is 5.32 Å². The molecule has 0 bridgehead atoms. The van der Waals surface area contributed by atoms with Crippen LogP contribution in [-0.4, -0.2) is 32.8 Å². The Kier molecular flexibility index (Phi) is 5.75. The standard InChI is InChI=1S/C24H23FN6/c1-4-17-15-29-31-23(12-22(30-24(17)31)19(13-26-3)11-16(2)25)27-10-9-18-14-28-21-8-6-5-7-20(18)21/h4-8,11-15,27-28H,1,3,9-10H2,2H3/b16-11+,19-13+. The summed E-state index contributed by atoms with van der Waals surface area (Å²) in [5, 5.41) is 9.09. The van der Waals surface area contributed by atoms with E-state index in [-0.39, 0.29) is 5.83 Å². The Morgan fingerprint density at radius 1 is 1.35 bits per heavy atom. The normalized spacial score (nSPS) is 12.5. The molecule has 2 N–H and O–H groups in total. The van der Waals surface area contributed by atoms with Crippen LogP contribution in [0.5, 0.6) is 0 Å². The first kappa shape index (κ1) is 20.3. The van der Waals surface area contributed by atoms with Gasteiger partial charge in [0.25, 0.3) is 0 Å². The van der Waals surface area contributed by atoms with Gasteiger partial charge in [-0.25, -0.2) is 9.37 Å². The molecule has 4 aromatic rings. The van der Waals surface area contributed by atoms with E-state index < -0.39 is 0 Å². The number of hydrogen-bond acceptors (Lipinski definition) is 4. The van der Waals surface area contributed by atoms with Crippen molar-refractivity contribution in [3.8, 4) is 0 Å². The summed E-state index contributed by atoms with van der Waals surface area (Å²) in [7, 11) is 0. The van der Waals surface area contributed by atoms with Gasteiger partial charge in [0.05, 0.1) is 17.7 Å². The molecule has 0 fully saturated rings. The Balaban J connectivity index is 1.68. The first-order valence-corrected chi connectivity index (χ1v) is 9.91. The van der Waals surface area contributed by atoms with E-state index in [9.17, 15) is 4.39 Å². The van der Waals surface area contributed by atoms with Gasteiger partial charge in [0, 0.05) is 47.0 Å². The highest BCUT2D eigenvalue weighted by atomic mass is 19.1. The second-order valence-corrected chi connectivity index (χ2v) is 7.10. The number of fused-ring (bicyclic) bond motifs is 2. The molecule has 0 radical (unpaired) electrons. The molecule has 3 aromatic heterocycles. The number of anilines is 1. The van der Waals surface area contributed by atoms with Crippen LogP contribution in [0.3, 0.4) is 0 Å². The highest BCUT2D eigenvalue weighted by Crippen LogP contribution is 2.24. The Labute approximate surface area is 179 Å². The van der Waals surface area contributed by atoms with Gasteiger partial charge in [0.15, 0.2) is 5.65 Å². The van der Waals surface area contributed by atoms with Crippen LogP contribution in [0.15, 0.2) is 72.4 Å². The molecule has 0 aliphatic carbocycles. The van der Waals surface area contributed by atoms with E-state index in [0.29, 0.717) is 23.5 Å². The van der Waals surface area contributed by atoms with Crippen LogP contribution in [-0.2, 0) is 6.42 Å². The molecule has 0 saturated heterocycles. The van der Waals surface area contributed by atoms with Crippen molar-refractivity contribution in [3.05, 3.63) is 84.2 Å². The lowest BCUT2D eigenvalue weighted by atomic mass is 10.1. The van der Waals surface area contributed by atoms with E-state index >= 15 is 0 Å². The van der Waals surface area contributed by atoms with E-state index in [4.69, 9.17) is 0 Å². The Morgan fingerprint density at radius 3 is 2.97 bits per heavy atom. The fraction of sp³-hybridized carbons (Fsp3) is 0.125. The van der Waals surface area contributed by atoms with E-state index in [1.54, 1.807) is 16.8 Å². The zero-order chi connectivity index (χ0) is 21.8. The third-order valence-electron chi connectivity index (χ3n) is 4.97. The van der Waals surface area contributed by atoms with Crippen molar-refractivity contribution in [2.24, 2.45) is 4.99 Å². The van der Waals surface area contributed by atoms with Crippen molar-refractivity contribution in [2.45, 2.75) is 13.3 Å². The number of halogens is 1. The first-order chi connectivity index (χ1) is 15.1. The van der Waals surface area contributed by atoms with Crippen LogP contribution >= 0.6 is 0 Å². The number of para-hydroxylation sites is 1. The van der Waals surface area contributed by atoms with Crippen molar-refractivity contribution in [1.82, 2.24) is 19.6 Å². The molecule has 0 atom stereocenters. The van der Waals surface area contributed by atoms with Crippen LogP contribution in [0.1, 0.15) is 23.7 Å². The molecule has 1 aromatic carbocycles. The van der Waals surface area contributed by atoms with Gasteiger partial charge < -0.3 is 10.3 Å². The molecule has 156 valence electrons. The van der Waals surface area contributed by atoms with Crippen molar-refractivity contribution in [3.63, 3.8) is 0 Å². The lowest BCUT2D eigenvalue weighted by molar-refractivity contribution is 0.641. The summed E-state index contributed by atoms with van der Waals surface area (Å²) >= 11 is 0.